The lowest BCUT2D eigenvalue weighted by Gasteiger charge is -2.18. The maximum absolute atomic E-state index is 11.8. The van der Waals surface area contributed by atoms with Crippen molar-refractivity contribution in [3.8, 4) is 0 Å². The van der Waals surface area contributed by atoms with Gasteiger partial charge < -0.3 is 11.1 Å². The predicted octanol–water partition coefficient (Wildman–Crippen LogP) is 2.24. The molecule has 94 valence electrons. The van der Waals surface area contributed by atoms with E-state index < -0.39 is 0 Å². The highest BCUT2D eigenvalue weighted by molar-refractivity contribution is 5.76. The minimum absolute atomic E-state index is 0.0762. The molecular formula is C14H22N2O. The first-order valence-electron chi connectivity index (χ1n) is 6.21. The highest BCUT2D eigenvalue weighted by atomic mass is 16.1. The van der Waals surface area contributed by atoms with Crippen LogP contribution in [0.1, 0.15) is 38.3 Å². The van der Waals surface area contributed by atoms with Gasteiger partial charge in [0.15, 0.2) is 0 Å². The summed E-state index contributed by atoms with van der Waals surface area (Å²) in [5.41, 5.74) is 6.76. The Bertz CT molecular complexity index is 337. The van der Waals surface area contributed by atoms with Gasteiger partial charge in [0, 0.05) is 13.0 Å². The van der Waals surface area contributed by atoms with Crippen molar-refractivity contribution in [1.82, 2.24) is 5.32 Å². The van der Waals surface area contributed by atoms with Crippen LogP contribution in [0.25, 0.3) is 0 Å². The number of amides is 1. The Labute approximate surface area is 103 Å². The molecular weight excluding hydrogens is 212 g/mol. The second kappa shape index (κ2) is 7.07. The van der Waals surface area contributed by atoms with E-state index in [-0.39, 0.29) is 11.9 Å². The Kier molecular flexibility index (Phi) is 5.70. The SMILES string of the molecule is CCC(C)CC(=O)NC(CN)c1ccccc1. The van der Waals surface area contributed by atoms with E-state index in [1.54, 1.807) is 0 Å². The second-order valence-corrected chi connectivity index (χ2v) is 4.48. The van der Waals surface area contributed by atoms with Gasteiger partial charge in [-0.2, -0.15) is 0 Å². The lowest BCUT2D eigenvalue weighted by molar-refractivity contribution is -0.122. The molecule has 3 heteroatoms. The minimum Gasteiger partial charge on any atom is -0.348 e. The van der Waals surface area contributed by atoms with Crippen LogP contribution in [-0.4, -0.2) is 12.5 Å². The number of hydrogen-bond acceptors (Lipinski definition) is 2. The molecule has 0 aromatic heterocycles. The Hall–Kier alpha value is -1.35. The standard InChI is InChI=1S/C14H22N2O/c1-3-11(2)9-14(17)16-13(10-15)12-7-5-4-6-8-12/h4-8,11,13H,3,9-10,15H2,1-2H3,(H,16,17). The third-order valence-corrected chi connectivity index (χ3v) is 3.00. The van der Waals surface area contributed by atoms with Crippen LogP contribution in [0.15, 0.2) is 30.3 Å². The van der Waals surface area contributed by atoms with Gasteiger partial charge in [0.05, 0.1) is 6.04 Å². The summed E-state index contributed by atoms with van der Waals surface area (Å²) in [7, 11) is 0. The number of hydrogen-bond donors (Lipinski definition) is 2. The molecule has 0 aliphatic rings. The monoisotopic (exact) mass is 234 g/mol. The number of carbonyl (C=O) groups excluding carboxylic acids is 1. The zero-order valence-electron chi connectivity index (χ0n) is 10.6. The van der Waals surface area contributed by atoms with E-state index in [1.807, 2.05) is 30.3 Å². The Morgan fingerprint density at radius 1 is 1.35 bits per heavy atom. The van der Waals surface area contributed by atoms with E-state index in [2.05, 4.69) is 19.2 Å². The van der Waals surface area contributed by atoms with Crippen molar-refractivity contribution in [2.24, 2.45) is 11.7 Å². The fourth-order valence-electron chi connectivity index (χ4n) is 1.68. The molecule has 0 aliphatic heterocycles. The van der Waals surface area contributed by atoms with Gasteiger partial charge in [-0.15, -0.1) is 0 Å². The molecule has 0 heterocycles. The molecule has 0 bridgehead atoms. The maximum atomic E-state index is 11.8. The maximum Gasteiger partial charge on any atom is 0.220 e. The molecule has 0 saturated carbocycles. The van der Waals surface area contributed by atoms with E-state index >= 15 is 0 Å². The molecule has 3 nitrogen and oxygen atoms in total. The zero-order valence-corrected chi connectivity index (χ0v) is 10.6. The van der Waals surface area contributed by atoms with Crippen molar-refractivity contribution in [2.75, 3.05) is 6.54 Å². The first kappa shape index (κ1) is 13.7. The average Bonchev–Trinajstić information content (AvgIpc) is 2.36. The molecule has 1 amide bonds. The molecule has 0 radical (unpaired) electrons. The Balaban J connectivity index is 2.56. The predicted molar refractivity (Wildman–Crippen MR) is 70.5 cm³/mol. The number of nitrogens with one attached hydrogen (secondary N) is 1. The van der Waals surface area contributed by atoms with E-state index in [0.717, 1.165) is 12.0 Å². The van der Waals surface area contributed by atoms with Crippen LogP contribution < -0.4 is 11.1 Å². The van der Waals surface area contributed by atoms with Crippen LogP contribution in [0.2, 0.25) is 0 Å². The number of nitrogens with two attached hydrogens (primary N) is 1. The lowest BCUT2D eigenvalue weighted by atomic mass is 10.0. The van der Waals surface area contributed by atoms with Gasteiger partial charge in [-0.1, -0.05) is 50.6 Å². The Morgan fingerprint density at radius 2 is 2.00 bits per heavy atom. The van der Waals surface area contributed by atoms with Crippen molar-refractivity contribution < 1.29 is 4.79 Å². The molecule has 2 atom stereocenters. The molecule has 0 saturated heterocycles. The van der Waals surface area contributed by atoms with Crippen LogP contribution in [0, 0.1) is 5.92 Å². The van der Waals surface area contributed by atoms with Crippen LogP contribution in [0.5, 0.6) is 0 Å². The van der Waals surface area contributed by atoms with E-state index in [1.165, 1.54) is 0 Å². The molecule has 1 rings (SSSR count). The normalized spacial score (nSPS) is 14.1. The van der Waals surface area contributed by atoms with E-state index in [0.29, 0.717) is 18.9 Å². The third-order valence-electron chi connectivity index (χ3n) is 3.00. The van der Waals surface area contributed by atoms with Crippen molar-refractivity contribution >= 4 is 5.91 Å². The van der Waals surface area contributed by atoms with Gasteiger partial charge in [0.2, 0.25) is 5.91 Å². The van der Waals surface area contributed by atoms with E-state index in [4.69, 9.17) is 5.73 Å². The van der Waals surface area contributed by atoms with Crippen LogP contribution >= 0.6 is 0 Å². The molecule has 1 aromatic carbocycles. The Morgan fingerprint density at radius 3 is 2.53 bits per heavy atom. The van der Waals surface area contributed by atoms with Crippen molar-refractivity contribution in [3.05, 3.63) is 35.9 Å². The topological polar surface area (TPSA) is 55.1 Å². The number of benzene rings is 1. The molecule has 2 unspecified atom stereocenters. The smallest absolute Gasteiger partial charge is 0.220 e. The van der Waals surface area contributed by atoms with Crippen LogP contribution in [0.4, 0.5) is 0 Å². The lowest BCUT2D eigenvalue weighted by Crippen LogP contribution is -2.34. The second-order valence-electron chi connectivity index (χ2n) is 4.48. The summed E-state index contributed by atoms with van der Waals surface area (Å²) in [6, 6.07) is 9.77. The fraction of sp³-hybridized carbons (Fsp3) is 0.500. The molecule has 0 fully saturated rings. The van der Waals surface area contributed by atoms with Gasteiger partial charge in [0.25, 0.3) is 0 Å². The summed E-state index contributed by atoms with van der Waals surface area (Å²) in [5.74, 6) is 0.503. The summed E-state index contributed by atoms with van der Waals surface area (Å²) in [6.45, 7) is 4.60. The van der Waals surface area contributed by atoms with Crippen molar-refractivity contribution in [2.45, 2.75) is 32.7 Å². The summed E-state index contributed by atoms with van der Waals surface area (Å²) >= 11 is 0. The van der Waals surface area contributed by atoms with Gasteiger partial charge in [-0.05, 0) is 11.5 Å². The average molecular weight is 234 g/mol. The summed E-state index contributed by atoms with van der Waals surface area (Å²) in [5, 5.41) is 2.98. The van der Waals surface area contributed by atoms with Crippen molar-refractivity contribution in [1.29, 1.82) is 0 Å². The number of rotatable bonds is 6. The first-order chi connectivity index (χ1) is 8.17. The molecule has 1 aromatic rings. The third kappa shape index (κ3) is 4.57. The highest BCUT2D eigenvalue weighted by Crippen LogP contribution is 2.12. The van der Waals surface area contributed by atoms with E-state index in [9.17, 15) is 4.79 Å². The van der Waals surface area contributed by atoms with Crippen LogP contribution in [0.3, 0.4) is 0 Å². The molecule has 0 aliphatic carbocycles. The summed E-state index contributed by atoms with van der Waals surface area (Å²) < 4.78 is 0. The quantitative estimate of drug-likeness (QED) is 0.793. The summed E-state index contributed by atoms with van der Waals surface area (Å²) in [6.07, 6.45) is 1.59. The van der Waals surface area contributed by atoms with Gasteiger partial charge >= 0.3 is 0 Å². The van der Waals surface area contributed by atoms with Crippen LogP contribution in [-0.2, 0) is 4.79 Å². The largest absolute Gasteiger partial charge is 0.348 e. The van der Waals surface area contributed by atoms with Gasteiger partial charge in [-0.25, -0.2) is 0 Å². The number of carbonyl (C=O) groups is 1. The molecule has 0 spiro atoms. The van der Waals surface area contributed by atoms with Crippen molar-refractivity contribution in [3.63, 3.8) is 0 Å². The zero-order chi connectivity index (χ0) is 12.7. The summed E-state index contributed by atoms with van der Waals surface area (Å²) in [4.78, 5) is 11.8. The first-order valence-corrected chi connectivity index (χ1v) is 6.21. The minimum atomic E-state index is -0.0762. The molecule has 17 heavy (non-hydrogen) atoms. The van der Waals surface area contributed by atoms with Gasteiger partial charge in [0.1, 0.15) is 0 Å². The highest BCUT2D eigenvalue weighted by Gasteiger charge is 2.14. The molecule has 3 N–H and O–H groups in total. The van der Waals surface area contributed by atoms with Gasteiger partial charge in [-0.3, -0.25) is 4.79 Å². The fourth-order valence-corrected chi connectivity index (χ4v) is 1.68.